The molecule has 1 aromatic heterocycles. The number of carbonyl (C=O) groups excluding carboxylic acids is 1. The molecule has 6 nitrogen and oxygen atoms in total. The molecule has 1 fully saturated rings. The second-order valence-corrected chi connectivity index (χ2v) is 8.63. The van der Waals surface area contributed by atoms with E-state index in [2.05, 4.69) is 20.5 Å². The summed E-state index contributed by atoms with van der Waals surface area (Å²) in [5.41, 5.74) is 4.61. The molecule has 3 aromatic rings. The summed E-state index contributed by atoms with van der Waals surface area (Å²) in [7, 11) is 0. The highest BCUT2D eigenvalue weighted by Gasteiger charge is 2.19. The van der Waals surface area contributed by atoms with Crippen molar-refractivity contribution >= 4 is 40.6 Å². The second-order valence-electron chi connectivity index (χ2n) is 6.99. The molecule has 1 amide bonds. The van der Waals surface area contributed by atoms with Gasteiger partial charge in [0.25, 0.3) is 5.91 Å². The Kier molecular flexibility index (Phi) is 5.78. The summed E-state index contributed by atoms with van der Waals surface area (Å²) in [5, 5.41) is 11.8. The quantitative estimate of drug-likeness (QED) is 0.670. The van der Waals surface area contributed by atoms with E-state index >= 15 is 0 Å². The van der Waals surface area contributed by atoms with E-state index in [0.29, 0.717) is 22.1 Å². The van der Waals surface area contributed by atoms with E-state index in [1.165, 1.54) is 0 Å². The summed E-state index contributed by atoms with van der Waals surface area (Å²) >= 11 is 8.44. The SMILES string of the molecule is Cc1cccc(-n2nnc(C(=O)Nc3ccc(N4CCSCC4)c(Cl)c3)c2C)c1. The van der Waals surface area contributed by atoms with E-state index < -0.39 is 0 Å². The van der Waals surface area contributed by atoms with Gasteiger partial charge in [-0.1, -0.05) is 28.9 Å². The predicted molar refractivity (Wildman–Crippen MR) is 120 cm³/mol. The van der Waals surface area contributed by atoms with Gasteiger partial charge >= 0.3 is 0 Å². The highest BCUT2D eigenvalue weighted by atomic mass is 35.5. The van der Waals surface area contributed by atoms with Gasteiger partial charge in [-0.2, -0.15) is 11.8 Å². The molecule has 0 atom stereocenters. The van der Waals surface area contributed by atoms with Crippen molar-refractivity contribution in [3.8, 4) is 5.69 Å². The van der Waals surface area contributed by atoms with Crippen LogP contribution in [0.5, 0.6) is 0 Å². The number of thioether (sulfide) groups is 1. The van der Waals surface area contributed by atoms with Gasteiger partial charge in [0.05, 0.1) is 22.1 Å². The number of rotatable bonds is 4. The number of benzene rings is 2. The van der Waals surface area contributed by atoms with Crippen molar-refractivity contribution in [2.75, 3.05) is 34.8 Å². The smallest absolute Gasteiger partial charge is 0.278 e. The lowest BCUT2D eigenvalue weighted by Crippen LogP contribution is -2.32. The number of aryl methyl sites for hydroxylation is 1. The molecule has 0 bridgehead atoms. The van der Waals surface area contributed by atoms with Crippen LogP contribution >= 0.6 is 23.4 Å². The topological polar surface area (TPSA) is 63.1 Å². The summed E-state index contributed by atoms with van der Waals surface area (Å²) < 4.78 is 1.67. The van der Waals surface area contributed by atoms with Crippen LogP contribution in [0.3, 0.4) is 0 Å². The Morgan fingerprint density at radius 1 is 1.14 bits per heavy atom. The number of hydrogen-bond donors (Lipinski definition) is 1. The zero-order valence-corrected chi connectivity index (χ0v) is 17.9. The highest BCUT2D eigenvalue weighted by molar-refractivity contribution is 7.99. The van der Waals surface area contributed by atoms with E-state index in [1.54, 1.807) is 10.7 Å². The van der Waals surface area contributed by atoms with Crippen molar-refractivity contribution < 1.29 is 4.79 Å². The van der Waals surface area contributed by atoms with Gasteiger partial charge in [-0.05, 0) is 49.7 Å². The van der Waals surface area contributed by atoms with Crippen LogP contribution in [0, 0.1) is 13.8 Å². The lowest BCUT2D eigenvalue weighted by molar-refractivity contribution is 0.102. The Hall–Kier alpha value is -2.51. The molecular weight excluding hydrogens is 406 g/mol. The molecule has 1 N–H and O–H groups in total. The van der Waals surface area contributed by atoms with Crippen LogP contribution in [0.15, 0.2) is 42.5 Å². The normalized spacial score (nSPS) is 14.1. The summed E-state index contributed by atoms with van der Waals surface area (Å²) in [6.45, 7) is 5.82. The first-order valence-corrected chi connectivity index (χ1v) is 11.0. The van der Waals surface area contributed by atoms with Gasteiger partial charge in [0.15, 0.2) is 5.69 Å². The van der Waals surface area contributed by atoms with Gasteiger partial charge in [-0.15, -0.1) is 5.10 Å². The minimum absolute atomic E-state index is 0.291. The third kappa shape index (κ3) is 4.26. The van der Waals surface area contributed by atoms with Crippen molar-refractivity contribution in [2.45, 2.75) is 13.8 Å². The van der Waals surface area contributed by atoms with Gasteiger partial charge in [0.2, 0.25) is 0 Å². The lowest BCUT2D eigenvalue weighted by atomic mass is 10.2. The summed E-state index contributed by atoms with van der Waals surface area (Å²) in [6.07, 6.45) is 0. The lowest BCUT2D eigenvalue weighted by Gasteiger charge is -2.29. The maximum absolute atomic E-state index is 12.8. The molecule has 0 radical (unpaired) electrons. The third-order valence-electron chi connectivity index (χ3n) is 4.91. The van der Waals surface area contributed by atoms with Crippen LogP contribution in [0.1, 0.15) is 21.7 Å². The minimum atomic E-state index is -0.306. The fourth-order valence-corrected chi connectivity index (χ4v) is 4.58. The number of halogens is 1. The van der Waals surface area contributed by atoms with Gasteiger partial charge in [0.1, 0.15) is 0 Å². The number of anilines is 2. The molecule has 4 rings (SSSR count). The average Bonchev–Trinajstić information content (AvgIpc) is 3.10. The number of nitrogens with zero attached hydrogens (tertiary/aromatic N) is 4. The summed E-state index contributed by atoms with van der Waals surface area (Å²) in [6, 6.07) is 13.5. The van der Waals surface area contributed by atoms with E-state index in [0.717, 1.165) is 41.5 Å². The third-order valence-corrected chi connectivity index (χ3v) is 6.16. The molecule has 8 heteroatoms. The van der Waals surface area contributed by atoms with Gasteiger partial charge in [0, 0.05) is 30.3 Å². The highest BCUT2D eigenvalue weighted by Crippen LogP contribution is 2.30. The minimum Gasteiger partial charge on any atom is -0.369 e. The Balaban J connectivity index is 1.52. The second kappa shape index (κ2) is 8.47. The number of amides is 1. The van der Waals surface area contributed by atoms with E-state index in [1.807, 2.05) is 62.0 Å². The van der Waals surface area contributed by atoms with Crippen LogP contribution in [0.2, 0.25) is 5.02 Å². The van der Waals surface area contributed by atoms with Crippen molar-refractivity contribution in [3.63, 3.8) is 0 Å². The van der Waals surface area contributed by atoms with Crippen LogP contribution in [0.4, 0.5) is 11.4 Å². The molecule has 2 aromatic carbocycles. The van der Waals surface area contributed by atoms with Crippen molar-refractivity contribution in [3.05, 3.63) is 64.4 Å². The van der Waals surface area contributed by atoms with Crippen LogP contribution in [-0.4, -0.2) is 45.5 Å². The molecule has 1 saturated heterocycles. The molecule has 1 aliphatic rings. The fraction of sp³-hybridized carbons (Fsp3) is 0.286. The Morgan fingerprint density at radius 2 is 1.93 bits per heavy atom. The van der Waals surface area contributed by atoms with Crippen molar-refractivity contribution in [2.24, 2.45) is 0 Å². The van der Waals surface area contributed by atoms with E-state index in [9.17, 15) is 4.79 Å². The van der Waals surface area contributed by atoms with Gasteiger partial charge in [-0.25, -0.2) is 4.68 Å². The summed E-state index contributed by atoms with van der Waals surface area (Å²) in [5.74, 6) is 1.90. The number of nitrogens with one attached hydrogen (secondary N) is 1. The molecule has 0 saturated carbocycles. The number of hydrogen-bond acceptors (Lipinski definition) is 5. The number of carbonyl (C=O) groups is 1. The Labute approximate surface area is 179 Å². The molecule has 150 valence electrons. The first-order chi connectivity index (χ1) is 14.0. The maximum atomic E-state index is 12.8. The largest absolute Gasteiger partial charge is 0.369 e. The Bertz CT molecular complexity index is 1050. The maximum Gasteiger partial charge on any atom is 0.278 e. The van der Waals surface area contributed by atoms with E-state index in [-0.39, 0.29) is 5.91 Å². The van der Waals surface area contributed by atoms with Crippen molar-refractivity contribution in [1.29, 1.82) is 0 Å². The standard InChI is InChI=1S/C21H22ClN5OS/c1-14-4-3-5-17(12-14)27-15(2)20(24-25-27)21(28)23-16-6-7-19(18(22)13-16)26-8-10-29-11-9-26/h3-7,12-13H,8-11H2,1-2H3,(H,23,28). The van der Waals surface area contributed by atoms with Crippen LogP contribution in [-0.2, 0) is 0 Å². The molecular formula is C21H22ClN5OS. The predicted octanol–water partition coefficient (Wildman–Crippen LogP) is 4.34. The molecule has 0 unspecified atom stereocenters. The van der Waals surface area contributed by atoms with Gasteiger partial charge in [-0.3, -0.25) is 4.79 Å². The first-order valence-electron chi connectivity index (χ1n) is 9.46. The zero-order valence-electron chi connectivity index (χ0n) is 16.4. The molecule has 0 spiro atoms. The molecule has 29 heavy (non-hydrogen) atoms. The number of aromatic nitrogens is 3. The first kappa shape index (κ1) is 19.8. The summed E-state index contributed by atoms with van der Waals surface area (Å²) in [4.78, 5) is 15.0. The average molecular weight is 428 g/mol. The molecule has 2 heterocycles. The fourth-order valence-electron chi connectivity index (χ4n) is 3.38. The van der Waals surface area contributed by atoms with Crippen LogP contribution < -0.4 is 10.2 Å². The molecule has 1 aliphatic heterocycles. The Morgan fingerprint density at radius 3 is 2.66 bits per heavy atom. The zero-order chi connectivity index (χ0) is 20.4. The molecule has 0 aliphatic carbocycles. The van der Waals surface area contributed by atoms with Crippen molar-refractivity contribution in [1.82, 2.24) is 15.0 Å². The monoisotopic (exact) mass is 427 g/mol. The van der Waals surface area contributed by atoms with Crippen LogP contribution in [0.25, 0.3) is 5.69 Å². The van der Waals surface area contributed by atoms with E-state index in [4.69, 9.17) is 11.6 Å². The van der Waals surface area contributed by atoms with Gasteiger partial charge < -0.3 is 10.2 Å².